The summed E-state index contributed by atoms with van der Waals surface area (Å²) < 4.78 is 20.9. The van der Waals surface area contributed by atoms with Crippen molar-refractivity contribution in [1.29, 1.82) is 0 Å². The third kappa shape index (κ3) is 9.32. The Balaban J connectivity index is 2.94. The molecule has 162 valence electrons. The Bertz CT molecular complexity index is 483. The quantitative estimate of drug-likeness (QED) is 0.456. The van der Waals surface area contributed by atoms with Gasteiger partial charge >= 0.3 is 0 Å². The first-order valence-corrected chi connectivity index (χ1v) is 9.77. The van der Waals surface area contributed by atoms with E-state index in [1.165, 1.54) is 0 Å². The van der Waals surface area contributed by atoms with Crippen molar-refractivity contribution in [3.8, 4) is 5.75 Å². The predicted molar refractivity (Wildman–Crippen MR) is 111 cm³/mol. The normalized spacial score (nSPS) is 11.7. The Morgan fingerprint density at radius 3 is 1.29 bits per heavy atom. The van der Waals surface area contributed by atoms with Crippen LogP contribution in [0.15, 0.2) is 12.1 Å². The first-order valence-electron chi connectivity index (χ1n) is 9.77. The lowest BCUT2D eigenvalue weighted by Gasteiger charge is -2.25. The van der Waals surface area contributed by atoms with Crippen molar-refractivity contribution in [2.75, 3.05) is 81.0 Å². The molecule has 28 heavy (non-hydrogen) atoms. The summed E-state index contributed by atoms with van der Waals surface area (Å²) >= 11 is 0. The van der Waals surface area contributed by atoms with Crippen LogP contribution in [0.1, 0.15) is 16.7 Å². The third-order valence-electron chi connectivity index (χ3n) is 4.65. The fourth-order valence-electron chi connectivity index (χ4n) is 3.08. The van der Waals surface area contributed by atoms with Crippen LogP contribution in [-0.4, -0.2) is 96.0 Å². The Kier molecular flexibility index (Phi) is 13.1. The molecule has 0 atom stereocenters. The molecule has 1 aromatic carbocycles. The molecule has 0 aliphatic carbocycles. The molecule has 0 spiro atoms. The van der Waals surface area contributed by atoms with Crippen LogP contribution in [0.25, 0.3) is 0 Å². The predicted octanol–water partition coefficient (Wildman–Crippen LogP) is 1.89. The summed E-state index contributed by atoms with van der Waals surface area (Å²) in [6.45, 7) is 9.11. The molecule has 0 radical (unpaired) electrons. The molecule has 1 aromatic rings. The molecule has 0 aromatic heterocycles. The van der Waals surface area contributed by atoms with Crippen molar-refractivity contribution in [3.05, 3.63) is 28.8 Å². The minimum atomic E-state index is 0.366. The van der Waals surface area contributed by atoms with Crippen molar-refractivity contribution in [2.45, 2.75) is 20.0 Å². The SMILES string of the molecule is COCCN(CCOC)Cc1cc(C)cc(CN(CCOC)CCOC)c1O. The van der Waals surface area contributed by atoms with Crippen molar-refractivity contribution in [1.82, 2.24) is 9.80 Å². The molecule has 0 unspecified atom stereocenters. The molecule has 0 saturated carbocycles. The van der Waals surface area contributed by atoms with Crippen molar-refractivity contribution in [3.63, 3.8) is 0 Å². The number of aryl methyl sites for hydroxylation is 1. The van der Waals surface area contributed by atoms with Gasteiger partial charge in [-0.3, -0.25) is 9.80 Å². The van der Waals surface area contributed by atoms with E-state index in [0.717, 1.165) is 42.9 Å². The van der Waals surface area contributed by atoms with Crippen molar-refractivity contribution in [2.24, 2.45) is 0 Å². The van der Waals surface area contributed by atoms with E-state index in [9.17, 15) is 5.11 Å². The minimum Gasteiger partial charge on any atom is -0.507 e. The number of phenolic OH excluding ortho intramolecular Hbond substituents is 1. The number of phenols is 1. The van der Waals surface area contributed by atoms with Gasteiger partial charge in [0.15, 0.2) is 0 Å². The van der Waals surface area contributed by atoms with Gasteiger partial charge < -0.3 is 24.1 Å². The molecule has 0 aliphatic heterocycles. The highest BCUT2D eigenvalue weighted by Crippen LogP contribution is 2.27. The van der Waals surface area contributed by atoms with Crippen LogP contribution in [0.2, 0.25) is 0 Å². The number of hydrogen-bond donors (Lipinski definition) is 1. The Morgan fingerprint density at radius 2 is 1.00 bits per heavy atom. The maximum atomic E-state index is 10.9. The van der Waals surface area contributed by atoms with E-state index >= 15 is 0 Å². The summed E-state index contributed by atoms with van der Waals surface area (Å²) in [5, 5.41) is 10.9. The van der Waals surface area contributed by atoms with Gasteiger partial charge in [-0.25, -0.2) is 0 Å². The van der Waals surface area contributed by atoms with Gasteiger partial charge in [0.1, 0.15) is 5.75 Å². The molecular weight excluding hydrogens is 360 g/mol. The van der Waals surface area contributed by atoms with Crippen molar-refractivity contribution >= 4 is 0 Å². The van der Waals surface area contributed by atoms with Crippen LogP contribution in [0.4, 0.5) is 0 Å². The number of benzene rings is 1. The standard InChI is InChI=1S/C21H38N2O5/c1-18-14-19(16-22(6-10-25-2)7-11-26-3)21(24)20(15-18)17-23(8-12-27-4)9-13-28-5/h14-15,24H,6-13,16-17H2,1-5H3. The smallest absolute Gasteiger partial charge is 0.124 e. The van der Waals surface area contributed by atoms with Crippen LogP contribution >= 0.6 is 0 Å². The molecule has 0 fully saturated rings. The van der Waals surface area contributed by atoms with Gasteiger partial charge in [-0.1, -0.05) is 17.7 Å². The van der Waals surface area contributed by atoms with E-state index in [1.54, 1.807) is 28.4 Å². The van der Waals surface area contributed by atoms with E-state index in [2.05, 4.69) is 28.9 Å². The topological polar surface area (TPSA) is 63.6 Å². The van der Waals surface area contributed by atoms with E-state index in [4.69, 9.17) is 18.9 Å². The number of hydrogen-bond acceptors (Lipinski definition) is 7. The molecule has 0 bridgehead atoms. The molecular formula is C21H38N2O5. The lowest BCUT2D eigenvalue weighted by Crippen LogP contribution is -2.31. The van der Waals surface area contributed by atoms with E-state index in [-0.39, 0.29) is 0 Å². The molecule has 7 nitrogen and oxygen atoms in total. The Hall–Kier alpha value is -1.22. The molecule has 7 heteroatoms. The molecule has 0 saturated heterocycles. The van der Waals surface area contributed by atoms with Gasteiger partial charge in [0.2, 0.25) is 0 Å². The lowest BCUT2D eigenvalue weighted by molar-refractivity contribution is 0.108. The number of aromatic hydroxyl groups is 1. The average molecular weight is 399 g/mol. The average Bonchev–Trinajstić information content (AvgIpc) is 2.69. The second-order valence-corrected chi connectivity index (χ2v) is 6.96. The maximum absolute atomic E-state index is 10.9. The van der Waals surface area contributed by atoms with Crippen LogP contribution < -0.4 is 0 Å². The zero-order valence-electron chi connectivity index (χ0n) is 18.2. The number of ether oxygens (including phenoxy) is 4. The highest BCUT2D eigenvalue weighted by atomic mass is 16.5. The number of nitrogens with zero attached hydrogens (tertiary/aromatic N) is 2. The third-order valence-corrected chi connectivity index (χ3v) is 4.65. The zero-order chi connectivity index (χ0) is 20.8. The largest absolute Gasteiger partial charge is 0.507 e. The minimum absolute atomic E-state index is 0.366. The van der Waals surface area contributed by atoms with Crippen LogP contribution in [0.3, 0.4) is 0 Å². The fourth-order valence-corrected chi connectivity index (χ4v) is 3.08. The molecule has 1 rings (SSSR count). The van der Waals surface area contributed by atoms with Crippen LogP contribution in [0.5, 0.6) is 5.75 Å². The van der Waals surface area contributed by atoms with Gasteiger partial charge in [-0.15, -0.1) is 0 Å². The van der Waals surface area contributed by atoms with Gasteiger partial charge in [0, 0.05) is 78.8 Å². The second kappa shape index (κ2) is 14.7. The zero-order valence-corrected chi connectivity index (χ0v) is 18.2. The van der Waals surface area contributed by atoms with Crippen LogP contribution in [0, 0.1) is 6.92 Å². The molecule has 1 N–H and O–H groups in total. The fraction of sp³-hybridized carbons (Fsp3) is 0.714. The molecule has 0 amide bonds. The summed E-state index contributed by atoms with van der Waals surface area (Å²) in [6.07, 6.45) is 0. The summed E-state index contributed by atoms with van der Waals surface area (Å²) in [5.74, 6) is 0.366. The lowest BCUT2D eigenvalue weighted by atomic mass is 10.0. The first-order chi connectivity index (χ1) is 13.5. The van der Waals surface area contributed by atoms with Gasteiger partial charge in [-0.05, 0) is 6.92 Å². The van der Waals surface area contributed by atoms with Gasteiger partial charge in [0.05, 0.1) is 26.4 Å². The van der Waals surface area contributed by atoms with E-state index in [1.807, 2.05) is 0 Å². The highest BCUT2D eigenvalue weighted by Gasteiger charge is 2.15. The van der Waals surface area contributed by atoms with Gasteiger partial charge in [0.25, 0.3) is 0 Å². The maximum Gasteiger partial charge on any atom is 0.124 e. The highest BCUT2D eigenvalue weighted by molar-refractivity contribution is 5.43. The summed E-state index contributed by atoms with van der Waals surface area (Å²) in [7, 11) is 6.80. The Labute approximate surface area is 170 Å². The van der Waals surface area contributed by atoms with E-state index in [0.29, 0.717) is 45.3 Å². The van der Waals surface area contributed by atoms with E-state index < -0.39 is 0 Å². The molecule has 0 aliphatic rings. The monoisotopic (exact) mass is 398 g/mol. The number of methoxy groups -OCH3 is 4. The molecule has 0 heterocycles. The van der Waals surface area contributed by atoms with Crippen molar-refractivity contribution < 1.29 is 24.1 Å². The van der Waals surface area contributed by atoms with Crippen LogP contribution in [-0.2, 0) is 32.0 Å². The van der Waals surface area contributed by atoms with Gasteiger partial charge in [-0.2, -0.15) is 0 Å². The first kappa shape index (κ1) is 24.8. The summed E-state index contributed by atoms with van der Waals surface area (Å²) in [6, 6.07) is 4.11. The Morgan fingerprint density at radius 1 is 0.679 bits per heavy atom. The number of rotatable bonds is 16. The summed E-state index contributed by atoms with van der Waals surface area (Å²) in [4.78, 5) is 4.47. The summed E-state index contributed by atoms with van der Waals surface area (Å²) in [5.41, 5.74) is 3.00. The second-order valence-electron chi connectivity index (χ2n) is 6.96.